The second-order valence-electron chi connectivity index (χ2n) is 4.24. The number of amides is 1. The molecule has 1 aromatic carbocycles. The maximum absolute atomic E-state index is 12.4. The molecule has 0 aliphatic heterocycles. The summed E-state index contributed by atoms with van der Waals surface area (Å²) in [5, 5.41) is 0. The summed E-state index contributed by atoms with van der Waals surface area (Å²) in [6.45, 7) is 4.82. The van der Waals surface area contributed by atoms with Gasteiger partial charge in [-0.3, -0.25) is 4.79 Å². The van der Waals surface area contributed by atoms with Crippen LogP contribution in [0.4, 0.5) is 0 Å². The van der Waals surface area contributed by atoms with E-state index in [0.29, 0.717) is 18.7 Å². The Balaban J connectivity index is 3.09. The summed E-state index contributed by atoms with van der Waals surface area (Å²) in [4.78, 5) is 14.0. The lowest BCUT2D eigenvalue weighted by molar-refractivity contribution is -0.132. The van der Waals surface area contributed by atoms with Crippen LogP contribution in [0.2, 0.25) is 0 Å². The van der Waals surface area contributed by atoms with Crippen molar-refractivity contribution in [3.8, 4) is 0 Å². The molecule has 0 fully saturated rings. The summed E-state index contributed by atoms with van der Waals surface area (Å²) in [5.74, 6) is -0.235. The van der Waals surface area contributed by atoms with E-state index >= 15 is 0 Å². The Labute approximate surface area is 114 Å². The quantitative estimate of drug-likeness (QED) is 0.852. The van der Waals surface area contributed by atoms with E-state index in [0.717, 1.165) is 6.26 Å². The minimum Gasteiger partial charge on any atom is -0.342 e. The number of rotatable bonds is 6. The molecule has 0 radical (unpaired) electrons. The second kappa shape index (κ2) is 6.68. The van der Waals surface area contributed by atoms with Gasteiger partial charge in [0.2, 0.25) is 15.9 Å². The fourth-order valence-electron chi connectivity index (χ4n) is 1.84. The lowest BCUT2D eigenvalue weighted by atomic mass is 10.1. The van der Waals surface area contributed by atoms with E-state index in [1.807, 2.05) is 19.9 Å². The predicted molar refractivity (Wildman–Crippen MR) is 75.1 cm³/mol. The van der Waals surface area contributed by atoms with Gasteiger partial charge in [0.1, 0.15) is 6.04 Å². The van der Waals surface area contributed by atoms with Gasteiger partial charge in [-0.2, -0.15) is 4.72 Å². The molecule has 106 valence electrons. The van der Waals surface area contributed by atoms with E-state index in [9.17, 15) is 13.2 Å². The van der Waals surface area contributed by atoms with E-state index in [-0.39, 0.29) is 5.91 Å². The Morgan fingerprint density at radius 2 is 1.74 bits per heavy atom. The van der Waals surface area contributed by atoms with Gasteiger partial charge in [0.15, 0.2) is 0 Å². The molecule has 1 N–H and O–H groups in total. The molecule has 0 spiro atoms. The van der Waals surface area contributed by atoms with Crippen LogP contribution in [-0.2, 0) is 14.8 Å². The molecular weight excluding hydrogens is 264 g/mol. The van der Waals surface area contributed by atoms with Gasteiger partial charge in [0.25, 0.3) is 0 Å². The first-order valence-corrected chi connectivity index (χ1v) is 8.09. The van der Waals surface area contributed by atoms with E-state index in [1.54, 1.807) is 29.2 Å². The molecule has 0 aliphatic carbocycles. The summed E-state index contributed by atoms with van der Waals surface area (Å²) in [5.41, 5.74) is 0.643. The zero-order valence-corrected chi connectivity index (χ0v) is 12.3. The number of carbonyl (C=O) groups excluding carboxylic acids is 1. The fourth-order valence-corrected chi connectivity index (χ4v) is 2.50. The smallest absolute Gasteiger partial charge is 0.245 e. The normalized spacial score (nSPS) is 13.0. The van der Waals surface area contributed by atoms with Gasteiger partial charge in [-0.1, -0.05) is 30.3 Å². The first-order valence-electron chi connectivity index (χ1n) is 6.20. The van der Waals surface area contributed by atoms with Crippen LogP contribution in [0.5, 0.6) is 0 Å². The van der Waals surface area contributed by atoms with Crippen molar-refractivity contribution in [2.75, 3.05) is 19.3 Å². The molecule has 0 heterocycles. The summed E-state index contributed by atoms with van der Waals surface area (Å²) in [6.07, 6.45) is 1.05. The number of carbonyl (C=O) groups is 1. The maximum Gasteiger partial charge on any atom is 0.245 e. The molecule has 1 atom stereocenters. The van der Waals surface area contributed by atoms with Crippen molar-refractivity contribution in [2.24, 2.45) is 0 Å². The van der Waals surface area contributed by atoms with Crippen molar-refractivity contribution in [1.29, 1.82) is 0 Å². The third-order valence-electron chi connectivity index (χ3n) is 2.79. The summed E-state index contributed by atoms with van der Waals surface area (Å²) >= 11 is 0. The summed E-state index contributed by atoms with van der Waals surface area (Å²) < 4.78 is 25.3. The predicted octanol–water partition coefficient (Wildman–Crippen LogP) is 1.15. The standard InChI is InChI=1S/C13H20N2O3S/c1-4-15(5-2)13(16)12(14-19(3,17)18)11-9-7-6-8-10-11/h6-10,12,14H,4-5H2,1-3H3/t12-/m0/s1. The number of benzene rings is 1. The van der Waals surface area contributed by atoms with Crippen LogP contribution in [-0.4, -0.2) is 38.6 Å². The van der Waals surface area contributed by atoms with Gasteiger partial charge in [-0.05, 0) is 19.4 Å². The van der Waals surface area contributed by atoms with E-state index in [2.05, 4.69) is 4.72 Å². The lowest BCUT2D eigenvalue weighted by Crippen LogP contribution is -2.42. The molecule has 0 aromatic heterocycles. The highest BCUT2D eigenvalue weighted by atomic mass is 32.2. The average Bonchev–Trinajstić information content (AvgIpc) is 2.37. The first kappa shape index (κ1) is 15.7. The van der Waals surface area contributed by atoms with Crippen molar-refractivity contribution < 1.29 is 13.2 Å². The third-order valence-corrected chi connectivity index (χ3v) is 3.45. The number of sulfonamides is 1. The van der Waals surface area contributed by atoms with Crippen LogP contribution in [0.25, 0.3) is 0 Å². The van der Waals surface area contributed by atoms with Crippen molar-refractivity contribution in [2.45, 2.75) is 19.9 Å². The van der Waals surface area contributed by atoms with Crippen molar-refractivity contribution in [3.05, 3.63) is 35.9 Å². The summed E-state index contributed by atoms with van der Waals surface area (Å²) in [7, 11) is -3.46. The molecule has 6 heteroatoms. The number of hydrogen-bond donors (Lipinski definition) is 1. The first-order chi connectivity index (χ1) is 8.89. The molecular formula is C13H20N2O3S. The molecule has 19 heavy (non-hydrogen) atoms. The van der Waals surface area contributed by atoms with E-state index in [1.165, 1.54) is 0 Å². The maximum atomic E-state index is 12.4. The average molecular weight is 284 g/mol. The van der Waals surface area contributed by atoms with Gasteiger partial charge in [-0.15, -0.1) is 0 Å². The van der Waals surface area contributed by atoms with Gasteiger partial charge < -0.3 is 4.90 Å². The van der Waals surface area contributed by atoms with Gasteiger partial charge in [0.05, 0.1) is 6.26 Å². The molecule has 0 saturated carbocycles. The SMILES string of the molecule is CCN(CC)C(=O)[C@@H](NS(C)(=O)=O)c1ccccc1. The molecule has 1 rings (SSSR count). The highest BCUT2D eigenvalue weighted by Crippen LogP contribution is 2.16. The highest BCUT2D eigenvalue weighted by Gasteiger charge is 2.26. The Morgan fingerprint density at radius 1 is 1.21 bits per heavy atom. The molecule has 1 amide bonds. The Bertz CT molecular complexity index is 510. The fraction of sp³-hybridized carbons (Fsp3) is 0.462. The molecule has 1 aromatic rings. The van der Waals surface area contributed by atoms with Crippen LogP contribution in [0.15, 0.2) is 30.3 Å². The zero-order chi connectivity index (χ0) is 14.5. The lowest BCUT2D eigenvalue weighted by Gasteiger charge is -2.25. The van der Waals surface area contributed by atoms with Crippen LogP contribution in [0, 0.1) is 0 Å². The highest BCUT2D eigenvalue weighted by molar-refractivity contribution is 7.88. The topological polar surface area (TPSA) is 66.5 Å². The number of hydrogen-bond acceptors (Lipinski definition) is 3. The minimum absolute atomic E-state index is 0.235. The van der Waals surface area contributed by atoms with Crippen molar-refractivity contribution in [3.63, 3.8) is 0 Å². The van der Waals surface area contributed by atoms with E-state index in [4.69, 9.17) is 0 Å². The molecule has 0 bridgehead atoms. The van der Waals surface area contributed by atoms with Gasteiger partial charge in [0, 0.05) is 13.1 Å². The Morgan fingerprint density at radius 3 is 2.16 bits per heavy atom. The molecule has 5 nitrogen and oxygen atoms in total. The Kier molecular flexibility index (Phi) is 5.50. The number of nitrogens with one attached hydrogen (secondary N) is 1. The van der Waals surface area contributed by atoms with E-state index < -0.39 is 16.1 Å². The monoisotopic (exact) mass is 284 g/mol. The summed E-state index contributed by atoms with van der Waals surface area (Å²) in [6, 6.07) is 8.00. The zero-order valence-electron chi connectivity index (χ0n) is 11.5. The van der Waals surface area contributed by atoms with Crippen LogP contribution in [0.1, 0.15) is 25.5 Å². The van der Waals surface area contributed by atoms with Gasteiger partial charge >= 0.3 is 0 Å². The van der Waals surface area contributed by atoms with Crippen LogP contribution < -0.4 is 4.72 Å². The molecule has 0 saturated heterocycles. The Hall–Kier alpha value is -1.40. The van der Waals surface area contributed by atoms with Crippen molar-refractivity contribution in [1.82, 2.24) is 9.62 Å². The van der Waals surface area contributed by atoms with Crippen LogP contribution in [0.3, 0.4) is 0 Å². The minimum atomic E-state index is -3.46. The van der Waals surface area contributed by atoms with Gasteiger partial charge in [-0.25, -0.2) is 8.42 Å². The molecule has 0 unspecified atom stereocenters. The van der Waals surface area contributed by atoms with Crippen LogP contribution >= 0.6 is 0 Å². The second-order valence-corrected chi connectivity index (χ2v) is 6.02. The molecule has 0 aliphatic rings. The largest absolute Gasteiger partial charge is 0.342 e. The number of likely N-dealkylation sites (N-methyl/N-ethyl adjacent to an activating group) is 1. The third kappa shape index (κ3) is 4.65. The van der Waals surface area contributed by atoms with Crippen molar-refractivity contribution >= 4 is 15.9 Å². The number of nitrogens with zero attached hydrogens (tertiary/aromatic N) is 1.